The first-order valence-corrected chi connectivity index (χ1v) is 16.7. The maximum Gasteiger partial charge on any atom is 0.253 e. The van der Waals surface area contributed by atoms with Crippen molar-refractivity contribution in [1.82, 2.24) is 9.80 Å². The Kier molecular flexibility index (Phi) is 10.3. The van der Waals surface area contributed by atoms with E-state index in [1.165, 1.54) is 0 Å². The van der Waals surface area contributed by atoms with Crippen LogP contribution in [0, 0.1) is 17.8 Å². The van der Waals surface area contributed by atoms with E-state index in [2.05, 4.69) is 13.2 Å². The number of anilines is 1. The number of benzene rings is 2. The molecule has 252 valence electrons. The fourth-order valence-electron chi connectivity index (χ4n) is 8.27. The molecule has 2 aromatic carbocycles. The smallest absolute Gasteiger partial charge is 0.253 e. The fraction of sp³-hybridized carbons (Fsp3) is 0.500. The molecule has 0 aliphatic carbocycles. The van der Waals surface area contributed by atoms with Gasteiger partial charge in [-0.1, -0.05) is 63.3 Å². The molecule has 2 aromatic rings. The standard InChI is InChI=1S/C38H49N3O6/c1-7-21-39(24-27-13-11-10-12-14-27)34(43)31-32-35(44)41(29(25-42)23-26(4)5)33(38(32)20-19-37(31,9-3)47-38)36(45)40(22-8-2)28-15-17-30(46-6)18-16-28/h7-8,10-18,26,29,31-33,42H,1-2,9,19-25H2,3-6H3/t29-,31+,32+,33?,37-,38?/m1/s1. The monoisotopic (exact) mass is 643 g/mol. The minimum Gasteiger partial charge on any atom is -0.497 e. The summed E-state index contributed by atoms with van der Waals surface area (Å²) in [6, 6.07) is 15.3. The molecule has 1 spiro atoms. The molecule has 3 aliphatic rings. The first kappa shape index (κ1) is 34.4. The molecule has 1 N–H and O–H groups in total. The molecule has 3 heterocycles. The molecule has 3 aliphatic heterocycles. The second-order valence-electron chi connectivity index (χ2n) is 13.5. The van der Waals surface area contributed by atoms with Gasteiger partial charge in [0, 0.05) is 25.3 Å². The third-order valence-electron chi connectivity index (χ3n) is 10.3. The first-order chi connectivity index (χ1) is 22.6. The van der Waals surface area contributed by atoms with Crippen LogP contribution in [0.3, 0.4) is 0 Å². The second kappa shape index (κ2) is 14.0. The van der Waals surface area contributed by atoms with Gasteiger partial charge in [-0.3, -0.25) is 14.4 Å². The summed E-state index contributed by atoms with van der Waals surface area (Å²) in [4.78, 5) is 49.6. The van der Waals surface area contributed by atoms with Crippen molar-refractivity contribution in [1.29, 1.82) is 0 Å². The SMILES string of the molecule is C=CCN(Cc1ccccc1)C(=O)[C@@H]1[C@H]2C(=O)N([C@@H](CO)CC(C)C)C(C(=O)N(CC=C)c3ccc(OC)cc3)C23CC[C@@]1(CC)O3. The maximum atomic E-state index is 15.0. The largest absolute Gasteiger partial charge is 0.497 e. The van der Waals surface area contributed by atoms with Gasteiger partial charge in [-0.2, -0.15) is 0 Å². The van der Waals surface area contributed by atoms with Crippen LogP contribution in [0.2, 0.25) is 0 Å². The van der Waals surface area contributed by atoms with Crippen LogP contribution < -0.4 is 9.64 Å². The van der Waals surface area contributed by atoms with Crippen LogP contribution in [-0.4, -0.2) is 82.7 Å². The number of likely N-dealkylation sites (tertiary alicyclic amines) is 1. The van der Waals surface area contributed by atoms with E-state index < -0.39 is 35.1 Å². The number of aliphatic hydroxyl groups is 1. The third kappa shape index (κ3) is 6.00. The van der Waals surface area contributed by atoms with Crippen molar-refractivity contribution in [2.75, 3.05) is 31.7 Å². The highest BCUT2D eigenvalue weighted by molar-refractivity contribution is 6.05. The Balaban J connectivity index is 1.62. The van der Waals surface area contributed by atoms with E-state index in [0.717, 1.165) is 5.56 Å². The van der Waals surface area contributed by atoms with Crippen molar-refractivity contribution >= 4 is 23.4 Å². The summed E-state index contributed by atoms with van der Waals surface area (Å²) in [6.45, 7) is 14.4. The fourth-order valence-corrected chi connectivity index (χ4v) is 8.27. The van der Waals surface area contributed by atoms with E-state index in [1.807, 2.05) is 51.1 Å². The van der Waals surface area contributed by atoms with Gasteiger partial charge >= 0.3 is 0 Å². The number of fused-ring (bicyclic) bond motifs is 1. The molecule has 9 heteroatoms. The van der Waals surface area contributed by atoms with Gasteiger partial charge in [0.1, 0.15) is 17.4 Å². The Bertz CT molecular complexity index is 1460. The molecular weight excluding hydrogens is 594 g/mol. The van der Waals surface area contributed by atoms with Crippen molar-refractivity contribution in [3.05, 3.63) is 85.5 Å². The Labute approximate surface area is 278 Å². The van der Waals surface area contributed by atoms with Crippen molar-refractivity contribution in [3.63, 3.8) is 0 Å². The number of amides is 3. The lowest BCUT2D eigenvalue weighted by Crippen LogP contribution is -2.59. The molecular formula is C38H49N3O6. The summed E-state index contributed by atoms with van der Waals surface area (Å²) < 4.78 is 12.4. The van der Waals surface area contributed by atoms with Crippen LogP contribution in [0.5, 0.6) is 5.75 Å². The van der Waals surface area contributed by atoms with E-state index in [9.17, 15) is 14.7 Å². The van der Waals surface area contributed by atoms with Gasteiger partial charge in [-0.25, -0.2) is 0 Å². The van der Waals surface area contributed by atoms with E-state index in [1.54, 1.807) is 58.2 Å². The third-order valence-corrected chi connectivity index (χ3v) is 10.3. The average Bonchev–Trinajstić information content (AvgIpc) is 3.69. The van der Waals surface area contributed by atoms with Gasteiger partial charge in [0.15, 0.2) is 0 Å². The molecule has 3 fully saturated rings. The Morgan fingerprint density at radius 2 is 1.74 bits per heavy atom. The van der Waals surface area contributed by atoms with E-state index in [0.29, 0.717) is 50.2 Å². The van der Waals surface area contributed by atoms with Crippen LogP contribution >= 0.6 is 0 Å². The lowest BCUT2D eigenvalue weighted by molar-refractivity contribution is -0.154. The predicted octanol–water partition coefficient (Wildman–Crippen LogP) is 4.99. The van der Waals surface area contributed by atoms with Crippen LogP contribution in [0.25, 0.3) is 0 Å². The van der Waals surface area contributed by atoms with Gasteiger partial charge in [0.2, 0.25) is 11.8 Å². The number of methoxy groups -OCH3 is 1. The molecule has 0 aromatic heterocycles. The van der Waals surface area contributed by atoms with Crippen molar-refractivity contribution in [2.45, 2.75) is 76.3 Å². The summed E-state index contributed by atoms with van der Waals surface area (Å²) in [7, 11) is 1.58. The number of carbonyl (C=O) groups is 3. The number of hydrogen-bond acceptors (Lipinski definition) is 6. The number of carbonyl (C=O) groups excluding carboxylic acids is 3. The van der Waals surface area contributed by atoms with Crippen molar-refractivity contribution < 1.29 is 29.0 Å². The summed E-state index contributed by atoms with van der Waals surface area (Å²) in [5.74, 6) is -1.66. The topological polar surface area (TPSA) is 99.6 Å². The summed E-state index contributed by atoms with van der Waals surface area (Å²) in [6.07, 6.45) is 5.37. The highest BCUT2D eigenvalue weighted by Crippen LogP contribution is 2.65. The number of hydrogen-bond donors (Lipinski definition) is 1. The lowest BCUT2D eigenvalue weighted by atomic mass is 9.64. The molecule has 0 radical (unpaired) electrons. The number of rotatable bonds is 15. The molecule has 0 saturated carbocycles. The lowest BCUT2D eigenvalue weighted by Gasteiger charge is -2.40. The zero-order chi connectivity index (χ0) is 33.9. The minimum atomic E-state index is -1.23. The van der Waals surface area contributed by atoms with E-state index >= 15 is 4.79 Å². The molecule has 3 saturated heterocycles. The molecule has 6 atom stereocenters. The Morgan fingerprint density at radius 1 is 1.06 bits per heavy atom. The summed E-state index contributed by atoms with van der Waals surface area (Å²) in [5, 5.41) is 10.7. The Hall–Kier alpha value is -3.95. The number of ether oxygens (including phenoxy) is 2. The van der Waals surface area contributed by atoms with E-state index in [4.69, 9.17) is 9.47 Å². The van der Waals surface area contributed by atoms with Crippen LogP contribution in [0.4, 0.5) is 5.69 Å². The van der Waals surface area contributed by atoms with Crippen molar-refractivity contribution in [3.8, 4) is 5.75 Å². The van der Waals surface area contributed by atoms with Gasteiger partial charge in [0.25, 0.3) is 5.91 Å². The number of aliphatic hydroxyl groups excluding tert-OH is 1. The molecule has 5 rings (SSSR count). The normalized spacial score (nSPS) is 26.6. The van der Waals surface area contributed by atoms with Crippen LogP contribution in [0.1, 0.15) is 52.0 Å². The molecule has 9 nitrogen and oxygen atoms in total. The summed E-state index contributed by atoms with van der Waals surface area (Å²) in [5.41, 5.74) is -0.532. The maximum absolute atomic E-state index is 15.0. The van der Waals surface area contributed by atoms with Crippen LogP contribution in [-0.2, 0) is 25.7 Å². The minimum absolute atomic E-state index is 0.144. The predicted molar refractivity (Wildman–Crippen MR) is 182 cm³/mol. The van der Waals surface area contributed by atoms with E-state index in [-0.39, 0.29) is 36.8 Å². The van der Waals surface area contributed by atoms with Gasteiger partial charge < -0.3 is 29.3 Å². The zero-order valence-electron chi connectivity index (χ0n) is 28.1. The van der Waals surface area contributed by atoms with Gasteiger partial charge in [0.05, 0.1) is 37.2 Å². The van der Waals surface area contributed by atoms with Crippen LogP contribution in [0.15, 0.2) is 79.9 Å². The molecule has 3 amide bonds. The second-order valence-corrected chi connectivity index (χ2v) is 13.5. The first-order valence-electron chi connectivity index (χ1n) is 16.7. The summed E-state index contributed by atoms with van der Waals surface area (Å²) >= 11 is 0. The Morgan fingerprint density at radius 3 is 2.32 bits per heavy atom. The quantitative estimate of drug-likeness (QED) is 0.275. The average molecular weight is 644 g/mol. The highest BCUT2D eigenvalue weighted by Gasteiger charge is 2.79. The molecule has 2 unspecified atom stereocenters. The van der Waals surface area contributed by atoms with Crippen molar-refractivity contribution in [2.24, 2.45) is 17.8 Å². The zero-order valence-corrected chi connectivity index (χ0v) is 28.1. The number of nitrogens with zero attached hydrogens (tertiary/aromatic N) is 3. The van der Waals surface area contributed by atoms with Gasteiger partial charge in [-0.15, -0.1) is 13.2 Å². The molecule has 47 heavy (non-hydrogen) atoms. The molecule has 2 bridgehead atoms. The van der Waals surface area contributed by atoms with Gasteiger partial charge in [-0.05, 0) is 61.4 Å². The highest BCUT2D eigenvalue weighted by atomic mass is 16.5.